The Morgan fingerprint density at radius 3 is 2.56 bits per heavy atom. The van der Waals surface area contributed by atoms with Gasteiger partial charge < -0.3 is 10.4 Å². The lowest BCUT2D eigenvalue weighted by molar-refractivity contribution is -0.384. The van der Waals surface area contributed by atoms with Gasteiger partial charge in [-0.1, -0.05) is 11.6 Å². The molecule has 0 aromatic heterocycles. The van der Waals surface area contributed by atoms with Gasteiger partial charge in [-0.05, 0) is 19.1 Å². The Morgan fingerprint density at radius 1 is 1.50 bits per heavy atom. The van der Waals surface area contributed by atoms with E-state index in [1.807, 2.05) is 0 Å². The van der Waals surface area contributed by atoms with E-state index in [1.165, 1.54) is 13.0 Å². The summed E-state index contributed by atoms with van der Waals surface area (Å²) in [6.07, 6.45) is 0. The number of carbonyl (C=O) groups excluding carboxylic acids is 1. The van der Waals surface area contributed by atoms with Gasteiger partial charge in [-0.25, -0.2) is 0 Å². The second-order valence-electron chi connectivity index (χ2n) is 3.46. The standard InChI is InChI=1S/C10H9ClN2O5/c1-5(10(15)16)12-9(14)6-2-3-8(13(17)18)7(11)4-6/h2-5H,1H3,(H,12,14)(H,15,16)/t5-/m0/s1. The quantitative estimate of drug-likeness (QED) is 0.637. The minimum atomic E-state index is -1.18. The first kappa shape index (κ1) is 13.9. The summed E-state index contributed by atoms with van der Waals surface area (Å²) >= 11 is 5.63. The average molecular weight is 273 g/mol. The van der Waals surface area contributed by atoms with Gasteiger partial charge in [-0.15, -0.1) is 0 Å². The lowest BCUT2D eigenvalue weighted by atomic mass is 10.2. The number of rotatable bonds is 4. The monoisotopic (exact) mass is 272 g/mol. The van der Waals surface area contributed by atoms with Gasteiger partial charge in [-0.3, -0.25) is 19.7 Å². The molecule has 1 aromatic rings. The molecular formula is C10H9ClN2O5. The minimum absolute atomic E-state index is 0.0544. The van der Waals surface area contributed by atoms with Crippen LogP contribution in [0.5, 0.6) is 0 Å². The number of carboxylic acid groups (broad SMARTS) is 1. The van der Waals surface area contributed by atoms with E-state index in [4.69, 9.17) is 16.7 Å². The summed E-state index contributed by atoms with van der Waals surface area (Å²) in [4.78, 5) is 32.0. The maximum absolute atomic E-state index is 11.6. The summed E-state index contributed by atoms with van der Waals surface area (Å²) in [6.45, 7) is 1.30. The third kappa shape index (κ3) is 3.17. The highest BCUT2D eigenvalue weighted by molar-refractivity contribution is 6.33. The van der Waals surface area contributed by atoms with Crippen molar-refractivity contribution in [2.24, 2.45) is 0 Å². The molecule has 7 nitrogen and oxygen atoms in total. The number of hydrogen-bond acceptors (Lipinski definition) is 4. The molecule has 0 aliphatic heterocycles. The molecular weight excluding hydrogens is 264 g/mol. The Bertz CT molecular complexity index is 517. The van der Waals surface area contributed by atoms with Crippen molar-refractivity contribution in [2.75, 3.05) is 0 Å². The lowest BCUT2D eigenvalue weighted by Crippen LogP contribution is -2.38. The maximum atomic E-state index is 11.6. The minimum Gasteiger partial charge on any atom is -0.480 e. The Kier molecular flexibility index (Phi) is 4.22. The van der Waals surface area contributed by atoms with Crippen molar-refractivity contribution in [3.8, 4) is 0 Å². The van der Waals surface area contributed by atoms with Crippen molar-refractivity contribution in [1.29, 1.82) is 0 Å². The molecule has 1 atom stereocenters. The van der Waals surface area contributed by atoms with E-state index in [0.717, 1.165) is 12.1 Å². The van der Waals surface area contributed by atoms with E-state index in [2.05, 4.69) is 5.32 Å². The van der Waals surface area contributed by atoms with E-state index < -0.39 is 22.8 Å². The predicted octanol–water partition coefficient (Wildman–Crippen LogP) is 1.45. The SMILES string of the molecule is C[C@H](NC(=O)c1ccc([N+](=O)[O-])c(Cl)c1)C(=O)O. The van der Waals surface area contributed by atoms with Gasteiger partial charge in [0.1, 0.15) is 11.1 Å². The number of halogens is 1. The molecule has 0 saturated carbocycles. The Morgan fingerprint density at radius 2 is 2.11 bits per heavy atom. The van der Waals surface area contributed by atoms with Crippen molar-refractivity contribution in [2.45, 2.75) is 13.0 Å². The van der Waals surface area contributed by atoms with Gasteiger partial charge in [-0.2, -0.15) is 0 Å². The van der Waals surface area contributed by atoms with Crippen LogP contribution in [-0.2, 0) is 4.79 Å². The number of amides is 1. The first-order valence-electron chi connectivity index (χ1n) is 4.80. The summed E-state index contributed by atoms with van der Waals surface area (Å²) in [6, 6.07) is 2.34. The molecule has 96 valence electrons. The molecule has 0 radical (unpaired) electrons. The first-order chi connectivity index (χ1) is 8.32. The molecule has 2 N–H and O–H groups in total. The summed E-state index contributed by atoms with van der Waals surface area (Å²) in [7, 11) is 0. The average Bonchev–Trinajstić information content (AvgIpc) is 2.27. The number of benzene rings is 1. The molecule has 0 aliphatic rings. The molecule has 0 aliphatic carbocycles. The predicted molar refractivity (Wildman–Crippen MR) is 62.7 cm³/mol. The normalized spacial score (nSPS) is 11.7. The number of nitro benzene ring substituents is 1. The van der Waals surface area contributed by atoms with E-state index in [0.29, 0.717) is 0 Å². The first-order valence-corrected chi connectivity index (χ1v) is 5.18. The molecule has 1 amide bonds. The van der Waals surface area contributed by atoms with Crippen LogP contribution in [0.25, 0.3) is 0 Å². The number of hydrogen-bond donors (Lipinski definition) is 2. The van der Waals surface area contributed by atoms with Crippen molar-refractivity contribution in [3.05, 3.63) is 38.9 Å². The van der Waals surface area contributed by atoms with Crippen molar-refractivity contribution >= 4 is 29.2 Å². The molecule has 0 bridgehead atoms. The molecule has 1 aromatic carbocycles. The Labute approximate surface area is 107 Å². The van der Waals surface area contributed by atoms with E-state index >= 15 is 0 Å². The van der Waals surface area contributed by atoms with Crippen LogP contribution in [0.4, 0.5) is 5.69 Å². The third-order valence-electron chi connectivity index (χ3n) is 2.12. The number of aliphatic carboxylic acids is 1. The van der Waals surface area contributed by atoms with Crippen LogP contribution < -0.4 is 5.32 Å². The number of carbonyl (C=O) groups is 2. The van der Waals surface area contributed by atoms with Crippen LogP contribution in [0.3, 0.4) is 0 Å². The summed E-state index contributed by atoms with van der Waals surface area (Å²) in [5.74, 6) is -1.85. The highest BCUT2D eigenvalue weighted by Gasteiger charge is 2.18. The van der Waals surface area contributed by atoms with Gasteiger partial charge in [0.15, 0.2) is 0 Å². The van der Waals surface area contributed by atoms with Crippen LogP contribution in [0.1, 0.15) is 17.3 Å². The summed E-state index contributed by atoms with van der Waals surface area (Å²) < 4.78 is 0. The zero-order valence-electron chi connectivity index (χ0n) is 9.21. The molecule has 0 saturated heterocycles. The fourth-order valence-corrected chi connectivity index (χ4v) is 1.39. The summed E-state index contributed by atoms with van der Waals surface area (Å²) in [5.41, 5.74) is -0.266. The number of nitro groups is 1. The van der Waals surface area contributed by atoms with Crippen molar-refractivity contribution < 1.29 is 19.6 Å². The molecule has 1 rings (SSSR count). The van der Waals surface area contributed by atoms with Gasteiger partial charge in [0.2, 0.25) is 0 Å². The Hall–Kier alpha value is -2.15. The number of nitrogens with one attached hydrogen (secondary N) is 1. The molecule has 0 fully saturated rings. The van der Waals surface area contributed by atoms with Gasteiger partial charge in [0.25, 0.3) is 11.6 Å². The zero-order valence-corrected chi connectivity index (χ0v) is 9.97. The molecule has 8 heteroatoms. The van der Waals surface area contributed by atoms with Crippen LogP contribution in [0.15, 0.2) is 18.2 Å². The largest absolute Gasteiger partial charge is 0.480 e. The van der Waals surface area contributed by atoms with Crippen LogP contribution in [-0.4, -0.2) is 27.9 Å². The second-order valence-corrected chi connectivity index (χ2v) is 3.86. The third-order valence-corrected chi connectivity index (χ3v) is 2.43. The number of carboxylic acids is 1. The number of nitrogens with zero attached hydrogens (tertiary/aromatic N) is 1. The van der Waals surface area contributed by atoms with Gasteiger partial charge in [0, 0.05) is 11.6 Å². The highest BCUT2D eigenvalue weighted by atomic mass is 35.5. The second kappa shape index (κ2) is 5.46. The van der Waals surface area contributed by atoms with E-state index in [-0.39, 0.29) is 16.3 Å². The van der Waals surface area contributed by atoms with E-state index in [9.17, 15) is 19.7 Å². The highest BCUT2D eigenvalue weighted by Crippen LogP contribution is 2.24. The van der Waals surface area contributed by atoms with Crippen LogP contribution >= 0.6 is 11.6 Å². The van der Waals surface area contributed by atoms with Gasteiger partial charge in [0.05, 0.1) is 4.92 Å². The van der Waals surface area contributed by atoms with Crippen molar-refractivity contribution in [3.63, 3.8) is 0 Å². The van der Waals surface area contributed by atoms with Gasteiger partial charge >= 0.3 is 5.97 Å². The molecule has 0 heterocycles. The topological polar surface area (TPSA) is 110 Å². The molecule has 0 unspecified atom stereocenters. The fourth-order valence-electron chi connectivity index (χ4n) is 1.14. The maximum Gasteiger partial charge on any atom is 0.325 e. The lowest BCUT2D eigenvalue weighted by Gasteiger charge is -2.09. The summed E-state index contributed by atoms with van der Waals surface area (Å²) in [5, 5.41) is 21.2. The molecule has 18 heavy (non-hydrogen) atoms. The van der Waals surface area contributed by atoms with Crippen LogP contribution in [0, 0.1) is 10.1 Å². The smallest absolute Gasteiger partial charge is 0.325 e. The zero-order chi connectivity index (χ0) is 13.9. The Balaban J connectivity index is 2.91. The van der Waals surface area contributed by atoms with Crippen LogP contribution in [0.2, 0.25) is 5.02 Å². The van der Waals surface area contributed by atoms with E-state index in [1.54, 1.807) is 0 Å². The van der Waals surface area contributed by atoms with Crippen molar-refractivity contribution in [1.82, 2.24) is 5.32 Å². The molecule has 0 spiro atoms. The fraction of sp³-hybridized carbons (Fsp3) is 0.200.